The van der Waals surface area contributed by atoms with Crippen LogP contribution < -0.4 is 15.5 Å². The van der Waals surface area contributed by atoms with E-state index in [4.69, 9.17) is 0 Å². The van der Waals surface area contributed by atoms with Gasteiger partial charge in [-0.1, -0.05) is 25.1 Å². The number of aromatic nitrogens is 1. The van der Waals surface area contributed by atoms with Gasteiger partial charge < -0.3 is 15.5 Å². The summed E-state index contributed by atoms with van der Waals surface area (Å²) in [5.41, 5.74) is 1.32. The number of nitrogens with one attached hydrogen (secondary N) is 2. The van der Waals surface area contributed by atoms with Crippen LogP contribution in [0.15, 0.2) is 41.5 Å². The minimum Gasteiger partial charge on any atom is -0.369 e. The summed E-state index contributed by atoms with van der Waals surface area (Å²) in [6, 6.07) is 11.2. The molecule has 6 nitrogen and oxygen atoms in total. The SMILES string of the molecule is CCc1cnc(CNC(=NC)NCC(C)N2CCN(c3ccccc3)CC2)s1. The Morgan fingerprint density at radius 3 is 2.57 bits per heavy atom. The number of aliphatic imine (C=N–C) groups is 1. The topological polar surface area (TPSA) is 55.8 Å². The van der Waals surface area contributed by atoms with Crippen molar-refractivity contribution < 1.29 is 0 Å². The maximum Gasteiger partial charge on any atom is 0.191 e. The monoisotopic (exact) mass is 400 g/mol. The molecule has 28 heavy (non-hydrogen) atoms. The Morgan fingerprint density at radius 2 is 1.93 bits per heavy atom. The maximum atomic E-state index is 4.45. The lowest BCUT2D eigenvalue weighted by molar-refractivity contribution is 0.197. The van der Waals surface area contributed by atoms with Crippen LogP contribution in [-0.4, -0.2) is 61.7 Å². The molecule has 2 N–H and O–H groups in total. The summed E-state index contributed by atoms with van der Waals surface area (Å²) in [7, 11) is 1.82. The fourth-order valence-electron chi connectivity index (χ4n) is 3.41. The van der Waals surface area contributed by atoms with E-state index in [1.54, 1.807) is 11.3 Å². The Morgan fingerprint density at radius 1 is 1.18 bits per heavy atom. The summed E-state index contributed by atoms with van der Waals surface area (Å²) in [5.74, 6) is 0.836. The number of guanidine groups is 1. The van der Waals surface area contributed by atoms with E-state index in [1.807, 2.05) is 13.2 Å². The number of para-hydroxylation sites is 1. The average molecular weight is 401 g/mol. The van der Waals surface area contributed by atoms with Crippen LogP contribution in [0.3, 0.4) is 0 Å². The molecule has 152 valence electrons. The third-order valence-electron chi connectivity index (χ3n) is 5.20. The summed E-state index contributed by atoms with van der Waals surface area (Å²) in [6.07, 6.45) is 3.01. The standard InChI is InChI=1S/C21H32N6S/c1-4-19-15-23-20(28-19)16-25-21(22-3)24-14-17(2)26-10-12-27(13-11-26)18-8-6-5-7-9-18/h5-9,15,17H,4,10-14,16H2,1-3H3,(H2,22,24,25). The van der Waals surface area contributed by atoms with Gasteiger partial charge in [0.15, 0.2) is 5.96 Å². The minimum atomic E-state index is 0.461. The van der Waals surface area contributed by atoms with E-state index >= 15 is 0 Å². The minimum absolute atomic E-state index is 0.461. The van der Waals surface area contributed by atoms with Gasteiger partial charge in [-0.15, -0.1) is 11.3 Å². The third kappa shape index (κ3) is 5.69. The first kappa shape index (κ1) is 20.6. The van der Waals surface area contributed by atoms with Gasteiger partial charge in [0, 0.05) is 62.6 Å². The van der Waals surface area contributed by atoms with Gasteiger partial charge in [0.1, 0.15) is 5.01 Å². The zero-order chi connectivity index (χ0) is 19.8. The van der Waals surface area contributed by atoms with Gasteiger partial charge in [-0.3, -0.25) is 9.89 Å². The third-order valence-corrected chi connectivity index (χ3v) is 6.35. The molecule has 1 fully saturated rings. The predicted molar refractivity (Wildman–Crippen MR) is 119 cm³/mol. The van der Waals surface area contributed by atoms with Gasteiger partial charge in [0.2, 0.25) is 0 Å². The second-order valence-corrected chi connectivity index (χ2v) is 8.29. The molecule has 0 aliphatic carbocycles. The summed E-state index contributed by atoms with van der Waals surface area (Å²) in [4.78, 5) is 15.1. The van der Waals surface area contributed by atoms with Crippen molar-refractivity contribution >= 4 is 23.0 Å². The number of thiazole rings is 1. The number of nitrogens with zero attached hydrogens (tertiary/aromatic N) is 4. The largest absolute Gasteiger partial charge is 0.369 e. The first-order valence-electron chi connectivity index (χ1n) is 10.1. The van der Waals surface area contributed by atoms with Crippen LogP contribution in [0.2, 0.25) is 0 Å². The summed E-state index contributed by atoms with van der Waals surface area (Å²) < 4.78 is 0. The predicted octanol–water partition coefficient (Wildman–Crippen LogP) is 2.58. The van der Waals surface area contributed by atoms with Crippen LogP contribution in [-0.2, 0) is 13.0 Å². The average Bonchev–Trinajstić information content (AvgIpc) is 3.22. The molecule has 2 heterocycles. The Kier molecular flexibility index (Phi) is 7.68. The molecule has 0 amide bonds. The molecule has 1 atom stereocenters. The second kappa shape index (κ2) is 10.4. The number of anilines is 1. The van der Waals surface area contributed by atoms with Crippen LogP contribution >= 0.6 is 11.3 Å². The van der Waals surface area contributed by atoms with Crippen LogP contribution in [0.5, 0.6) is 0 Å². The zero-order valence-corrected chi connectivity index (χ0v) is 18.0. The molecule has 7 heteroatoms. The van der Waals surface area contributed by atoms with Gasteiger partial charge in [-0.05, 0) is 25.5 Å². The quantitative estimate of drug-likeness (QED) is 0.553. The summed E-state index contributed by atoms with van der Waals surface area (Å²) in [5, 5.41) is 7.93. The highest BCUT2D eigenvalue weighted by Gasteiger charge is 2.21. The molecular weight excluding hydrogens is 368 g/mol. The molecule has 1 aliphatic heterocycles. The van der Waals surface area contributed by atoms with Gasteiger partial charge >= 0.3 is 0 Å². The molecule has 1 unspecified atom stereocenters. The lowest BCUT2D eigenvalue weighted by Gasteiger charge is -2.39. The van der Waals surface area contributed by atoms with Crippen molar-refractivity contribution in [1.82, 2.24) is 20.5 Å². The van der Waals surface area contributed by atoms with Crippen molar-refractivity contribution in [3.63, 3.8) is 0 Å². The number of hydrogen-bond donors (Lipinski definition) is 2. The normalized spacial score (nSPS) is 16.8. The van der Waals surface area contributed by atoms with E-state index in [0.717, 1.165) is 50.1 Å². The van der Waals surface area contributed by atoms with E-state index in [-0.39, 0.29) is 0 Å². The maximum absolute atomic E-state index is 4.45. The summed E-state index contributed by atoms with van der Waals surface area (Å²) in [6.45, 7) is 10.4. The lowest BCUT2D eigenvalue weighted by Crippen LogP contribution is -2.53. The molecule has 1 aromatic heterocycles. The van der Waals surface area contributed by atoms with Crippen LogP contribution in [0.4, 0.5) is 5.69 Å². The Hall–Kier alpha value is -2.12. The fraction of sp³-hybridized carbons (Fsp3) is 0.524. The number of aryl methyl sites for hydroxylation is 1. The molecule has 1 aliphatic rings. The number of benzene rings is 1. The van der Waals surface area contributed by atoms with Crippen molar-refractivity contribution in [2.24, 2.45) is 4.99 Å². The van der Waals surface area contributed by atoms with E-state index in [2.05, 4.69) is 74.6 Å². The highest BCUT2D eigenvalue weighted by molar-refractivity contribution is 7.11. The first-order valence-corrected chi connectivity index (χ1v) is 10.9. The molecule has 0 spiro atoms. The lowest BCUT2D eigenvalue weighted by atomic mass is 10.2. The molecule has 2 aromatic rings. The van der Waals surface area contributed by atoms with Crippen molar-refractivity contribution in [2.45, 2.75) is 32.9 Å². The Balaban J connectivity index is 1.40. The number of piperazine rings is 1. The number of rotatable bonds is 7. The van der Waals surface area contributed by atoms with E-state index in [0.29, 0.717) is 12.6 Å². The van der Waals surface area contributed by atoms with Crippen molar-refractivity contribution in [3.8, 4) is 0 Å². The zero-order valence-electron chi connectivity index (χ0n) is 17.2. The van der Waals surface area contributed by atoms with Gasteiger partial charge in [0.25, 0.3) is 0 Å². The van der Waals surface area contributed by atoms with Crippen LogP contribution in [0, 0.1) is 0 Å². The molecule has 0 saturated carbocycles. The fourth-order valence-corrected chi connectivity index (χ4v) is 4.21. The van der Waals surface area contributed by atoms with Crippen molar-refractivity contribution in [2.75, 3.05) is 44.7 Å². The highest BCUT2D eigenvalue weighted by atomic mass is 32.1. The molecule has 0 bridgehead atoms. The van der Waals surface area contributed by atoms with Gasteiger partial charge in [-0.2, -0.15) is 0 Å². The van der Waals surface area contributed by atoms with E-state index < -0.39 is 0 Å². The molecule has 1 saturated heterocycles. The van der Waals surface area contributed by atoms with Gasteiger partial charge in [0.05, 0.1) is 6.54 Å². The van der Waals surface area contributed by atoms with E-state index in [1.165, 1.54) is 10.6 Å². The summed E-state index contributed by atoms with van der Waals surface area (Å²) >= 11 is 1.76. The molecule has 1 aromatic carbocycles. The molecule has 0 radical (unpaired) electrons. The molecular formula is C21H32N6S. The smallest absolute Gasteiger partial charge is 0.191 e. The van der Waals surface area contributed by atoms with Crippen LogP contribution in [0.1, 0.15) is 23.7 Å². The van der Waals surface area contributed by atoms with Crippen molar-refractivity contribution in [3.05, 3.63) is 46.4 Å². The van der Waals surface area contributed by atoms with Crippen molar-refractivity contribution in [1.29, 1.82) is 0 Å². The van der Waals surface area contributed by atoms with Gasteiger partial charge in [-0.25, -0.2) is 4.98 Å². The van der Waals surface area contributed by atoms with E-state index in [9.17, 15) is 0 Å². The first-order chi connectivity index (χ1) is 13.7. The highest BCUT2D eigenvalue weighted by Crippen LogP contribution is 2.16. The number of hydrogen-bond acceptors (Lipinski definition) is 5. The Bertz CT molecular complexity index is 736. The Labute approximate surface area is 172 Å². The van der Waals surface area contributed by atoms with Crippen LogP contribution in [0.25, 0.3) is 0 Å². The second-order valence-electron chi connectivity index (χ2n) is 7.09. The molecule has 3 rings (SSSR count).